The number of ether oxygens (including phenoxy) is 2. The summed E-state index contributed by atoms with van der Waals surface area (Å²) in [7, 11) is 0. The molecule has 3 N–H and O–H groups in total. The Labute approximate surface area is 207 Å². The molecule has 0 radical (unpaired) electrons. The maximum absolute atomic E-state index is 11.0. The van der Waals surface area contributed by atoms with Gasteiger partial charge in [-0.25, -0.2) is 4.79 Å². The van der Waals surface area contributed by atoms with Crippen molar-refractivity contribution >= 4 is 34.9 Å². The number of carboxylic acid groups (broad SMARTS) is 1. The molecule has 2 aromatic carbocycles. The highest BCUT2D eigenvalue weighted by Gasteiger charge is 2.45. The Morgan fingerprint density at radius 2 is 1.94 bits per heavy atom. The molecule has 0 amide bonds. The number of aliphatic carboxylic acids is 1. The second kappa shape index (κ2) is 9.00. The SMILES string of the molecule is O=C(O)COc1cc(Cl)c(O)cc1N1CC(N2CCC3(CC2)Cc2cc(Cl)ccc2O3)[C@H](O)C1. The van der Waals surface area contributed by atoms with Gasteiger partial charge in [0.1, 0.15) is 22.8 Å². The summed E-state index contributed by atoms with van der Waals surface area (Å²) in [6.07, 6.45) is 1.92. The van der Waals surface area contributed by atoms with Gasteiger partial charge in [0.2, 0.25) is 0 Å². The summed E-state index contributed by atoms with van der Waals surface area (Å²) in [5.74, 6) is -0.0849. The van der Waals surface area contributed by atoms with Crippen LogP contribution in [0.1, 0.15) is 18.4 Å². The van der Waals surface area contributed by atoms with Gasteiger partial charge in [-0.05, 0) is 23.8 Å². The van der Waals surface area contributed by atoms with E-state index in [1.54, 1.807) is 0 Å². The minimum Gasteiger partial charge on any atom is -0.506 e. The van der Waals surface area contributed by atoms with E-state index in [0.717, 1.165) is 43.7 Å². The molecule has 2 aromatic rings. The van der Waals surface area contributed by atoms with Crippen molar-refractivity contribution in [2.45, 2.75) is 37.0 Å². The molecule has 182 valence electrons. The number of hydrogen-bond donors (Lipinski definition) is 3. The van der Waals surface area contributed by atoms with Gasteiger partial charge in [0, 0.05) is 62.6 Å². The fourth-order valence-corrected chi connectivity index (χ4v) is 5.65. The average molecular weight is 509 g/mol. The van der Waals surface area contributed by atoms with Gasteiger partial charge in [0.25, 0.3) is 0 Å². The maximum Gasteiger partial charge on any atom is 0.341 e. The third-order valence-electron chi connectivity index (χ3n) is 7.02. The van der Waals surface area contributed by atoms with Gasteiger partial charge in [-0.2, -0.15) is 0 Å². The first kappa shape index (κ1) is 23.4. The van der Waals surface area contributed by atoms with E-state index in [2.05, 4.69) is 4.90 Å². The monoisotopic (exact) mass is 508 g/mol. The molecular formula is C24H26Cl2N2O6. The molecule has 3 aliphatic heterocycles. The molecular weight excluding hydrogens is 483 g/mol. The number of β-amino-alcohol motifs (C(OH)–C–C–N with tert-alkyl or cyclic N) is 1. The average Bonchev–Trinajstić information content (AvgIpc) is 3.34. The number of halogens is 2. The van der Waals surface area contributed by atoms with Crippen LogP contribution in [0, 0.1) is 0 Å². The van der Waals surface area contributed by atoms with Crippen molar-refractivity contribution in [2.75, 3.05) is 37.7 Å². The summed E-state index contributed by atoms with van der Waals surface area (Å²) in [5.41, 5.74) is 1.42. The lowest BCUT2D eigenvalue weighted by Gasteiger charge is -2.41. The van der Waals surface area contributed by atoms with Crippen molar-refractivity contribution < 1.29 is 29.6 Å². The smallest absolute Gasteiger partial charge is 0.341 e. The molecule has 2 saturated heterocycles. The summed E-state index contributed by atoms with van der Waals surface area (Å²) in [4.78, 5) is 15.2. The molecule has 2 fully saturated rings. The molecule has 0 aromatic heterocycles. The number of aliphatic hydroxyl groups is 1. The lowest BCUT2D eigenvalue weighted by molar-refractivity contribution is -0.139. The zero-order valence-electron chi connectivity index (χ0n) is 18.4. The first-order valence-electron chi connectivity index (χ1n) is 11.2. The highest BCUT2D eigenvalue weighted by atomic mass is 35.5. The molecule has 3 heterocycles. The van der Waals surface area contributed by atoms with E-state index >= 15 is 0 Å². The molecule has 0 aliphatic carbocycles. The molecule has 3 aliphatic rings. The molecule has 2 atom stereocenters. The quantitative estimate of drug-likeness (QED) is 0.565. The number of aromatic hydroxyl groups is 1. The second-order valence-electron chi connectivity index (χ2n) is 9.24. The van der Waals surface area contributed by atoms with E-state index in [1.807, 2.05) is 23.1 Å². The Hall–Kier alpha value is -2.39. The zero-order valence-corrected chi connectivity index (χ0v) is 19.9. The topological polar surface area (TPSA) is 103 Å². The molecule has 1 spiro atoms. The minimum absolute atomic E-state index is 0.0700. The summed E-state index contributed by atoms with van der Waals surface area (Å²) in [5, 5.41) is 30.8. The first-order valence-corrected chi connectivity index (χ1v) is 12.0. The Morgan fingerprint density at radius 3 is 2.68 bits per heavy atom. The van der Waals surface area contributed by atoms with Gasteiger partial charge in [-0.15, -0.1) is 0 Å². The Morgan fingerprint density at radius 1 is 1.18 bits per heavy atom. The van der Waals surface area contributed by atoms with Crippen molar-refractivity contribution in [1.82, 2.24) is 4.90 Å². The summed E-state index contributed by atoms with van der Waals surface area (Å²) in [6.45, 7) is 1.87. The molecule has 10 heteroatoms. The van der Waals surface area contributed by atoms with E-state index in [-0.39, 0.29) is 28.2 Å². The summed E-state index contributed by atoms with van der Waals surface area (Å²) < 4.78 is 11.7. The van der Waals surface area contributed by atoms with Crippen LogP contribution in [-0.4, -0.2) is 76.7 Å². The summed E-state index contributed by atoms with van der Waals surface area (Å²) in [6, 6.07) is 8.50. The van der Waals surface area contributed by atoms with E-state index in [0.29, 0.717) is 23.8 Å². The van der Waals surface area contributed by atoms with Crippen molar-refractivity contribution in [3.05, 3.63) is 45.9 Å². The Bertz CT molecular complexity index is 1110. The zero-order chi connectivity index (χ0) is 24.0. The van der Waals surface area contributed by atoms with Crippen LogP contribution in [0.15, 0.2) is 30.3 Å². The number of anilines is 1. The van der Waals surface area contributed by atoms with Crippen LogP contribution in [0.3, 0.4) is 0 Å². The number of carbonyl (C=O) groups is 1. The van der Waals surface area contributed by atoms with E-state index < -0.39 is 18.7 Å². The molecule has 0 bridgehead atoms. The molecule has 0 saturated carbocycles. The molecule has 5 rings (SSSR count). The second-order valence-corrected chi connectivity index (χ2v) is 10.1. The largest absolute Gasteiger partial charge is 0.506 e. The third kappa shape index (κ3) is 4.47. The predicted molar refractivity (Wildman–Crippen MR) is 128 cm³/mol. The van der Waals surface area contributed by atoms with Gasteiger partial charge in [-0.1, -0.05) is 23.2 Å². The van der Waals surface area contributed by atoms with E-state index in [1.165, 1.54) is 12.1 Å². The van der Waals surface area contributed by atoms with Crippen LogP contribution in [0.25, 0.3) is 0 Å². The van der Waals surface area contributed by atoms with Gasteiger partial charge >= 0.3 is 5.97 Å². The predicted octanol–water partition coefficient (Wildman–Crippen LogP) is 3.18. The molecule has 34 heavy (non-hydrogen) atoms. The number of likely N-dealkylation sites (tertiary alicyclic amines) is 1. The van der Waals surface area contributed by atoms with Gasteiger partial charge in [0.05, 0.1) is 22.9 Å². The number of hydrogen-bond acceptors (Lipinski definition) is 7. The lowest BCUT2D eigenvalue weighted by Crippen LogP contribution is -2.53. The van der Waals surface area contributed by atoms with Crippen molar-refractivity contribution in [1.29, 1.82) is 0 Å². The highest BCUT2D eigenvalue weighted by molar-refractivity contribution is 6.32. The van der Waals surface area contributed by atoms with Crippen LogP contribution in [0.2, 0.25) is 10.0 Å². The minimum atomic E-state index is -1.12. The number of aliphatic hydroxyl groups excluding tert-OH is 1. The number of phenols is 1. The number of carboxylic acids is 1. The molecule has 8 nitrogen and oxygen atoms in total. The first-order chi connectivity index (χ1) is 16.2. The Balaban J connectivity index is 1.26. The number of fused-ring (bicyclic) bond motifs is 1. The standard InChI is InChI=1S/C24H26Cl2N2O6/c25-15-1-2-21-14(7-15)10-24(34-21)3-5-27(6-4-24)18-11-28(12-20(18)30)17-9-19(29)16(26)8-22(17)33-13-23(31)32/h1-2,7-9,18,20,29-30H,3-6,10-13H2,(H,31,32)/t18?,20-/m1/s1. The van der Waals surface area contributed by atoms with Gasteiger partial charge < -0.3 is 29.7 Å². The fraction of sp³-hybridized carbons (Fsp3) is 0.458. The van der Waals surface area contributed by atoms with Gasteiger partial charge in [0.15, 0.2) is 6.61 Å². The van der Waals surface area contributed by atoms with E-state index in [9.17, 15) is 15.0 Å². The number of benzene rings is 2. The Kier molecular flexibility index (Phi) is 6.18. The lowest BCUT2D eigenvalue weighted by atomic mass is 9.86. The molecule has 1 unspecified atom stereocenters. The number of phenolic OH excluding ortho intramolecular Hbond substituents is 1. The van der Waals surface area contributed by atoms with Crippen molar-refractivity contribution in [3.63, 3.8) is 0 Å². The summed E-state index contributed by atoms with van der Waals surface area (Å²) >= 11 is 12.2. The van der Waals surface area contributed by atoms with Crippen LogP contribution in [0.4, 0.5) is 5.69 Å². The normalized spacial score (nSPS) is 23.7. The van der Waals surface area contributed by atoms with Crippen LogP contribution in [0.5, 0.6) is 17.2 Å². The van der Waals surface area contributed by atoms with Crippen molar-refractivity contribution in [3.8, 4) is 17.2 Å². The number of nitrogens with zero attached hydrogens (tertiary/aromatic N) is 2. The van der Waals surface area contributed by atoms with Crippen LogP contribution >= 0.6 is 23.2 Å². The van der Waals surface area contributed by atoms with Crippen LogP contribution in [-0.2, 0) is 11.2 Å². The van der Waals surface area contributed by atoms with Gasteiger partial charge in [-0.3, -0.25) is 4.90 Å². The highest BCUT2D eigenvalue weighted by Crippen LogP contribution is 2.43. The van der Waals surface area contributed by atoms with Crippen molar-refractivity contribution in [2.24, 2.45) is 0 Å². The number of piperidine rings is 1. The fourth-order valence-electron chi connectivity index (χ4n) is 5.30. The number of rotatable bonds is 5. The third-order valence-corrected chi connectivity index (χ3v) is 7.56. The van der Waals surface area contributed by atoms with Crippen LogP contribution < -0.4 is 14.4 Å². The maximum atomic E-state index is 11.0. The van der Waals surface area contributed by atoms with E-state index in [4.69, 9.17) is 37.8 Å².